The van der Waals surface area contributed by atoms with E-state index >= 15 is 0 Å². The van der Waals surface area contributed by atoms with Crippen LogP contribution in [0, 0.1) is 0 Å². The van der Waals surface area contributed by atoms with Gasteiger partial charge in [-0.3, -0.25) is 0 Å². The summed E-state index contributed by atoms with van der Waals surface area (Å²) in [6.07, 6.45) is -1.54. The van der Waals surface area contributed by atoms with Crippen molar-refractivity contribution in [3.63, 3.8) is 0 Å². The van der Waals surface area contributed by atoms with E-state index in [-0.39, 0.29) is 5.41 Å². The van der Waals surface area contributed by atoms with Gasteiger partial charge < -0.3 is 4.74 Å². The summed E-state index contributed by atoms with van der Waals surface area (Å²) in [7, 11) is 0. The number of alkyl halides is 2. The van der Waals surface area contributed by atoms with Gasteiger partial charge in [0.25, 0.3) is 6.43 Å². The molecular weight excluding hydrogens is 246 g/mol. The molecule has 0 N–H and O–H groups in total. The van der Waals surface area contributed by atoms with Crippen molar-refractivity contribution in [2.75, 3.05) is 6.61 Å². The van der Waals surface area contributed by atoms with Gasteiger partial charge in [0.1, 0.15) is 12.4 Å². The molecule has 0 fully saturated rings. The number of halogens is 3. The Balaban J connectivity index is 2.94. The molecule has 0 aliphatic carbocycles. The molecule has 0 bridgehead atoms. The highest BCUT2D eigenvalue weighted by Crippen LogP contribution is 2.33. The van der Waals surface area contributed by atoms with Crippen molar-refractivity contribution < 1.29 is 13.5 Å². The molecule has 0 amide bonds. The van der Waals surface area contributed by atoms with Crippen LogP contribution >= 0.6 is 11.6 Å². The third-order valence-electron chi connectivity index (χ3n) is 2.96. The van der Waals surface area contributed by atoms with Gasteiger partial charge in [-0.05, 0) is 29.5 Å². The van der Waals surface area contributed by atoms with Crippen LogP contribution in [0.15, 0.2) is 18.2 Å². The molecular formula is C13H17ClF2O. The molecule has 0 saturated heterocycles. The van der Waals surface area contributed by atoms with Gasteiger partial charge in [0.05, 0.1) is 5.02 Å². The highest BCUT2D eigenvalue weighted by Gasteiger charge is 2.19. The number of ether oxygens (including phenoxy) is 1. The Morgan fingerprint density at radius 1 is 1.35 bits per heavy atom. The molecule has 0 heterocycles. The molecule has 0 unspecified atom stereocenters. The first-order chi connectivity index (χ1) is 7.86. The number of hydrogen-bond acceptors (Lipinski definition) is 1. The van der Waals surface area contributed by atoms with E-state index in [9.17, 15) is 8.78 Å². The third kappa shape index (κ3) is 3.84. The lowest BCUT2D eigenvalue weighted by molar-refractivity contribution is 0.0819. The summed E-state index contributed by atoms with van der Waals surface area (Å²) in [4.78, 5) is 0. The summed E-state index contributed by atoms with van der Waals surface area (Å²) in [6, 6.07) is 5.34. The Bertz CT molecular complexity index is 378. The molecule has 0 aliphatic heterocycles. The Hall–Kier alpha value is -0.830. The Morgan fingerprint density at radius 2 is 2.00 bits per heavy atom. The molecule has 96 valence electrons. The fourth-order valence-electron chi connectivity index (χ4n) is 1.39. The molecule has 0 spiro atoms. The molecule has 0 radical (unpaired) electrons. The third-order valence-corrected chi connectivity index (χ3v) is 3.27. The summed E-state index contributed by atoms with van der Waals surface area (Å²) >= 11 is 5.90. The van der Waals surface area contributed by atoms with Crippen LogP contribution in [0.1, 0.15) is 32.8 Å². The smallest absolute Gasteiger partial charge is 0.272 e. The van der Waals surface area contributed by atoms with Gasteiger partial charge in [-0.25, -0.2) is 8.78 Å². The molecule has 17 heavy (non-hydrogen) atoms. The zero-order valence-electron chi connectivity index (χ0n) is 10.3. The van der Waals surface area contributed by atoms with Crippen molar-refractivity contribution >= 4 is 11.6 Å². The van der Waals surface area contributed by atoms with Crippen LogP contribution in [0.5, 0.6) is 5.75 Å². The maximum Gasteiger partial charge on any atom is 0.272 e. The number of hydrogen-bond donors (Lipinski definition) is 0. The summed E-state index contributed by atoms with van der Waals surface area (Å²) in [5, 5.41) is 0.362. The fourth-order valence-corrected chi connectivity index (χ4v) is 1.56. The van der Waals surface area contributed by atoms with Gasteiger partial charge in [-0.15, -0.1) is 0 Å². The van der Waals surface area contributed by atoms with Crippen molar-refractivity contribution in [1.82, 2.24) is 0 Å². The van der Waals surface area contributed by atoms with E-state index in [4.69, 9.17) is 16.3 Å². The van der Waals surface area contributed by atoms with Crippen LogP contribution in [0.3, 0.4) is 0 Å². The maximum absolute atomic E-state index is 12.1. The van der Waals surface area contributed by atoms with E-state index in [1.165, 1.54) is 0 Å². The molecule has 4 heteroatoms. The van der Waals surface area contributed by atoms with Gasteiger partial charge in [-0.1, -0.05) is 38.4 Å². The van der Waals surface area contributed by atoms with Crippen LogP contribution in [0.25, 0.3) is 0 Å². The second-order valence-corrected chi connectivity index (χ2v) is 4.99. The topological polar surface area (TPSA) is 9.23 Å². The second-order valence-electron chi connectivity index (χ2n) is 4.58. The lowest BCUT2D eigenvalue weighted by Crippen LogP contribution is -2.16. The zero-order valence-corrected chi connectivity index (χ0v) is 11.0. The number of benzene rings is 1. The molecule has 1 aromatic rings. The maximum atomic E-state index is 12.1. The van der Waals surface area contributed by atoms with Crippen LogP contribution < -0.4 is 4.74 Å². The van der Waals surface area contributed by atoms with E-state index in [2.05, 4.69) is 20.8 Å². The van der Waals surface area contributed by atoms with Crippen LogP contribution in [-0.2, 0) is 5.41 Å². The molecule has 1 rings (SSSR count). The molecule has 0 saturated carbocycles. The fraction of sp³-hybridized carbons (Fsp3) is 0.538. The van der Waals surface area contributed by atoms with E-state index in [1.54, 1.807) is 12.1 Å². The van der Waals surface area contributed by atoms with E-state index < -0.39 is 13.0 Å². The quantitative estimate of drug-likeness (QED) is 0.749. The van der Waals surface area contributed by atoms with Crippen molar-refractivity contribution in [3.05, 3.63) is 28.8 Å². The Labute approximate surface area is 106 Å². The molecule has 1 nitrogen and oxygen atoms in total. The minimum atomic E-state index is -2.49. The van der Waals surface area contributed by atoms with Crippen LogP contribution in [-0.4, -0.2) is 13.0 Å². The predicted molar refractivity (Wildman–Crippen MR) is 66.3 cm³/mol. The summed E-state index contributed by atoms with van der Waals surface area (Å²) in [6.45, 7) is 5.63. The first-order valence-electron chi connectivity index (χ1n) is 5.58. The Morgan fingerprint density at radius 3 is 2.53 bits per heavy atom. The van der Waals surface area contributed by atoms with Crippen molar-refractivity contribution in [1.29, 1.82) is 0 Å². The van der Waals surface area contributed by atoms with Crippen LogP contribution in [0.4, 0.5) is 8.78 Å². The minimum absolute atomic E-state index is 0.0203. The standard InChI is InChI=1S/C13H17ClF2O/c1-4-13(2,3)9-5-6-10(14)11(7-9)17-8-12(15)16/h5-7,12H,4,8H2,1-3H3. The highest BCUT2D eigenvalue weighted by atomic mass is 35.5. The Kier molecular flexibility index (Phi) is 4.75. The zero-order chi connectivity index (χ0) is 13.1. The monoisotopic (exact) mass is 262 g/mol. The lowest BCUT2D eigenvalue weighted by atomic mass is 9.82. The highest BCUT2D eigenvalue weighted by molar-refractivity contribution is 6.32. The normalized spacial score (nSPS) is 11.9. The molecule has 1 aromatic carbocycles. The molecule has 0 aromatic heterocycles. The largest absolute Gasteiger partial charge is 0.486 e. The number of rotatable bonds is 5. The summed E-state index contributed by atoms with van der Waals surface area (Å²) < 4.78 is 29.2. The summed E-state index contributed by atoms with van der Waals surface area (Å²) in [5.41, 5.74) is 1.02. The van der Waals surface area contributed by atoms with Crippen molar-refractivity contribution in [2.24, 2.45) is 0 Å². The average molecular weight is 263 g/mol. The van der Waals surface area contributed by atoms with Crippen molar-refractivity contribution in [2.45, 2.75) is 39.0 Å². The SMILES string of the molecule is CCC(C)(C)c1ccc(Cl)c(OCC(F)F)c1. The van der Waals surface area contributed by atoms with Crippen molar-refractivity contribution in [3.8, 4) is 5.75 Å². The van der Waals surface area contributed by atoms with Gasteiger partial charge in [0.15, 0.2) is 0 Å². The summed E-state index contributed by atoms with van der Waals surface area (Å²) in [5.74, 6) is 0.325. The van der Waals surface area contributed by atoms with Crippen LogP contribution in [0.2, 0.25) is 5.02 Å². The first kappa shape index (κ1) is 14.2. The van der Waals surface area contributed by atoms with Gasteiger partial charge >= 0.3 is 0 Å². The molecule has 0 aliphatic rings. The van der Waals surface area contributed by atoms with Gasteiger partial charge in [-0.2, -0.15) is 0 Å². The van der Waals surface area contributed by atoms with Gasteiger partial charge in [0, 0.05) is 0 Å². The van der Waals surface area contributed by atoms with E-state index in [0.29, 0.717) is 10.8 Å². The van der Waals surface area contributed by atoms with Gasteiger partial charge in [0.2, 0.25) is 0 Å². The van der Waals surface area contributed by atoms with E-state index in [0.717, 1.165) is 12.0 Å². The lowest BCUT2D eigenvalue weighted by Gasteiger charge is -2.24. The first-order valence-corrected chi connectivity index (χ1v) is 5.95. The van der Waals surface area contributed by atoms with E-state index in [1.807, 2.05) is 6.07 Å². The second kappa shape index (κ2) is 5.67. The minimum Gasteiger partial charge on any atom is -0.486 e. The average Bonchev–Trinajstić information content (AvgIpc) is 2.27. The molecule has 0 atom stereocenters. The predicted octanol–water partition coefficient (Wildman–Crippen LogP) is 4.67.